The molecule has 1 aliphatic heterocycles. The summed E-state index contributed by atoms with van der Waals surface area (Å²) in [5.74, 6) is -1.09. The highest BCUT2D eigenvalue weighted by Gasteiger charge is 2.37. The van der Waals surface area contributed by atoms with Gasteiger partial charge in [-0.25, -0.2) is 0 Å². The second kappa shape index (κ2) is 5.77. The predicted octanol–water partition coefficient (Wildman–Crippen LogP) is 2.42. The first-order valence-electron chi connectivity index (χ1n) is 6.46. The summed E-state index contributed by atoms with van der Waals surface area (Å²) < 4.78 is 0. The third kappa shape index (κ3) is 2.76. The van der Waals surface area contributed by atoms with Crippen LogP contribution < -0.4 is 10.2 Å². The summed E-state index contributed by atoms with van der Waals surface area (Å²) in [7, 11) is 0. The Morgan fingerprint density at radius 3 is 2.75 bits per heavy atom. The molecule has 1 aliphatic rings. The van der Waals surface area contributed by atoms with Gasteiger partial charge < -0.3 is 10.2 Å². The number of rotatable bonds is 5. The topological polar surface area (TPSA) is 49.4 Å². The molecule has 4 nitrogen and oxygen atoms in total. The maximum Gasteiger partial charge on any atom is 0.299 e. The minimum atomic E-state index is -0.546. The average Bonchev–Trinajstić information content (AvgIpc) is 2.63. The Morgan fingerprint density at radius 1 is 1.40 bits per heavy atom. The van der Waals surface area contributed by atoms with Gasteiger partial charge in [0.2, 0.25) is 0 Å². The van der Waals surface area contributed by atoms with E-state index < -0.39 is 11.7 Å². The highest BCUT2D eigenvalue weighted by atomic mass is 35.5. The van der Waals surface area contributed by atoms with Gasteiger partial charge in [-0.1, -0.05) is 38.1 Å². The minimum absolute atomic E-state index is 0.295. The third-order valence-electron chi connectivity index (χ3n) is 3.09. The lowest BCUT2D eigenvalue weighted by molar-refractivity contribution is -0.114. The van der Waals surface area contributed by atoms with E-state index in [0.29, 0.717) is 35.4 Å². The fourth-order valence-electron chi connectivity index (χ4n) is 2.09. The summed E-state index contributed by atoms with van der Waals surface area (Å²) >= 11 is 6.00. The van der Waals surface area contributed by atoms with Crippen LogP contribution in [0.3, 0.4) is 0 Å². The minimum Gasteiger partial charge on any atom is -0.311 e. The predicted molar refractivity (Wildman–Crippen MR) is 80.4 cm³/mol. The lowest BCUT2D eigenvalue weighted by Crippen LogP contribution is -2.34. The van der Waals surface area contributed by atoms with Gasteiger partial charge in [-0.15, -0.1) is 0 Å². The number of amides is 1. The molecular formula is C15H17ClN2O2. The maximum atomic E-state index is 12.0. The zero-order valence-corrected chi connectivity index (χ0v) is 12.3. The number of ketones is 1. The standard InChI is InChI=1S/C15H17ClN2O2/c1-9(2)17-7-10(3)8-18-12-6-4-5-11(16)13(12)14(19)15(18)20/h4-6,9,17H,3,7-8H2,1-2H3. The van der Waals surface area contributed by atoms with Gasteiger partial charge in [-0.3, -0.25) is 9.59 Å². The number of fused-ring (bicyclic) bond motifs is 1. The monoisotopic (exact) mass is 292 g/mol. The molecule has 1 N–H and O–H groups in total. The van der Waals surface area contributed by atoms with Crippen molar-refractivity contribution in [2.75, 3.05) is 18.0 Å². The Kier molecular flexibility index (Phi) is 4.26. The fourth-order valence-corrected chi connectivity index (χ4v) is 2.34. The van der Waals surface area contributed by atoms with Crippen molar-refractivity contribution in [3.05, 3.63) is 40.9 Å². The molecule has 1 aromatic rings. The van der Waals surface area contributed by atoms with Gasteiger partial charge in [-0.2, -0.15) is 0 Å². The molecule has 1 amide bonds. The number of nitrogens with one attached hydrogen (secondary N) is 1. The van der Waals surface area contributed by atoms with Gasteiger partial charge in [0, 0.05) is 19.1 Å². The number of hydrogen-bond donors (Lipinski definition) is 1. The smallest absolute Gasteiger partial charge is 0.299 e. The number of carbonyl (C=O) groups excluding carboxylic acids is 2. The first-order chi connectivity index (χ1) is 9.41. The molecule has 0 radical (unpaired) electrons. The summed E-state index contributed by atoms with van der Waals surface area (Å²) in [4.78, 5) is 25.4. The van der Waals surface area contributed by atoms with Gasteiger partial charge in [0.25, 0.3) is 11.7 Å². The Hall–Kier alpha value is -1.65. The summed E-state index contributed by atoms with van der Waals surface area (Å²) in [6.45, 7) is 8.93. The number of anilines is 1. The van der Waals surface area contributed by atoms with Gasteiger partial charge in [0.1, 0.15) is 0 Å². The van der Waals surface area contributed by atoms with Gasteiger partial charge in [0.05, 0.1) is 16.3 Å². The molecule has 0 saturated carbocycles. The Labute approximate surface area is 123 Å². The molecule has 0 saturated heterocycles. The lowest BCUT2D eigenvalue weighted by Gasteiger charge is -2.19. The lowest BCUT2D eigenvalue weighted by atomic mass is 10.1. The van der Waals surface area contributed by atoms with E-state index in [0.717, 1.165) is 5.57 Å². The number of carbonyl (C=O) groups is 2. The van der Waals surface area contributed by atoms with E-state index in [1.165, 1.54) is 4.90 Å². The van der Waals surface area contributed by atoms with Gasteiger partial charge >= 0.3 is 0 Å². The van der Waals surface area contributed by atoms with Crippen molar-refractivity contribution in [1.82, 2.24) is 5.32 Å². The van der Waals surface area contributed by atoms with Crippen LogP contribution in [0.5, 0.6) is 0 Å². The third-order valence-corrected chi connectivity index (χ3v) is 3.41. The zero-order chi connectivity index (χ0) is 14.9. The van der Waals surface area contributed by atoms with Crippen LogP contribution in [0.15, 0.2) is 30.4 Å². The van der Waals surface area contributed by atoms with E-state index in [2.05, 4.69) is 11.9 Å². The van der Waals surface area contributed by atoms with Crippen LogP contribution in [-0.4, -0.2) is 30.8 Å². The van der Waals surface area contributed by atoms with Crippen molar-refractivity contribution in [2.45, 2.75) is 19.9 Å². The SMILES string of the molecule is C=C(CNC(C)C)CN1C(=O)C(=O)c2c(Cl)cccc21. The second-order valence-corrected chi connectivity index (χ2v) is 5.55. The number of Topliss-reactive ketones (excluding diaryl/α,β-unsaturated/α-hetero) is 1. The molecule has 0 unspecified atom stereocenters. The van der Waals surface area contributed by atoms with E-state index >= 15 is 0 Å². The molecular weight excluding hydrogens is 276 g/mol. The first kappa shape index (κ1) is 14.8. The van der Waals surface area contributed by atoms with Crippen LogP contribution in [-0.2, 0) is 4.79 Å². The Bertz CT molecular complexity index is 581. The highest BCUT2D eigenvalue weighted by molar-refractivity contribution is 6.55. The van der Waals surface area contributed by atoms with Crippen molar-refractivity contribution in [2.24, 2.45) is 0 Å². The molecule has 106 valence electrons. The van der Waals surface area contributed by atoms with Crippen molar-refractivity contribution in [3.63, 3.8) is 0 Å². The fraction of sp³-hybridized carbons (Fsp3) is 0.333. The van der Waals surface area contributed by atoms with E-state index in [1.807, 2.05) is 13.8 Å². The quantitative estimate of drug-likeness (QED) is 0.670. The van der Waals surface area contributed by atoms with E-state index in [4.69, 9.17) is 11.6 Å². The van der Waals surface area contributed by atoms with Gasteiger partial charge in [-0.05, 0) is 17.7 Å². The van der Waals surface area contributed by atoms with Crippen molar-refractivity contribution in [3.8, 4) is 0 Å². The molecule has 2 rings (SSSR count). The highest BCUT2D eigenvalue weighted by Crippen LogP contribution is 2.34. The normalized spacial score (nSPS) is 14.1. The van der Waals surface area contributed by atoms with E-state index in [1.54, 1.807) is 18.2 Å². The molecule has 0 bridgehead atoms. The summed E-state index contributed by atoms with van der Waals surface area (Å²) in [5, 5.41) is 3.55. The Balaban J connectivity index is 2.18. The van der Waals surface area contributed by atoms with Crippen LogP contribution in [0, 0.1) is 0 Å². The van der Waals surface area contributed by atoms with Crippen LogP contribution in [0.25, 0.3) is 0 Å². The molecule has 0 fully saturated rings. The van der Waals surface area contributed by atoms with E-state index in [-0.39, 0.29) is 0 Å². The molecule has 0 aromatic heterocycles. The van der Waals surface area contributed by atoms with E-state index in [9.17, 15) is 9.59 Å². The van der Waals surface area contributed by atoms with Crippen LogP contribution in [0.4, 0.5) is 5.69 Å². The number of nitrogens with zero attached hydrogens (tertiary/aromatic N) is 1. The second-order valence-electron chi connectivity index (χ2n) is 5.14. The molecule has 1 aromatic carbocycles. The van der Waals surface area contributed by atoms with Crippen molar-refractivity contribution in [1.29, 1.82) is 0 Å². The van der Waals surface area contributed by atoms with Crippen LogP contribution in [0.1, 0.15) is 24.2 Å². The number of hydrogen-bond acceptors (Lipinski definition) is 3. The molecule has 0 atom stereocenters. The molecule has 20 heavy (non-hydrogen) atoms. The Morgan fingerprint density at radius 2 is 2.10 bits per heavy atom. The first-order valence-corrected chi connectivity index (χ1v) is 6.84. The summed E-state index contributed by atoms with van der Waals surface area (Å²) in [5.41, 5.74) is 1.70. The number of benzene rings is 1. The summed E-state index contributed by atoms with van der Waals surface area (Å²) in [6, 6.07) is 5.41. The summed E-state index contributed by atoms with van der Waals surface area (Å²) in [6.07, 6.45) is 0. The zero-order valence-electron chi connectivity index (χ0n) is 11.6. The largest absolute Gasteiger partial charge is 0.311 e. The number of halogens is 1. The molecule has 5 heteroatoms. The van der Waals surface area contributed by atoms with Crippen LogP contribution in [0.2, 0.25) is 5.02 Å². The molecule has 0 aliphatic carbocycles. The molecule has 1 heterocycles. The van der Waals surface area contributed by atoms with Crippen molar-refractivity contribution < 1.29 is 9.59 Å². The maximum absolute atomic E-state index is 12.0. The average molecular weight is 293 g/mol. The molecule has 0 spiro atoms. The van der Waals surface area contributed by atoms with Crippen LogP contribution >= 0.6 is 11.6 Å². The van der Waals surface area contributed by atoms with Gasteiger partial charge in [0.15, 0.2) is 0 Å². The van der Waals surface area contributed by atoms with Crippen molar-refractivity contribution >= 4 is 29.0 Å².